The zero-order valence-corrected chi connectivity index (χ0v) is 14.8. The van der Waals surface area contributed by atoms with E-state index in [1.165, 1.54) is 0 Å². The Balaban J connectivity index is 2.31. The Bertz CT molecular complexity index is 1220. The molecule has 0 saturated carbocycles. The minimum Gasteiger partial charge on any atom is -0.530 e. The molecule has 0 atom stereocenters. The van der Waals surface area contributed by atoms with Gasteiger partial charge in [0.1, 0.15) is 0 Å². The van der Waals surface area contributed by atoms with Gasteiger partial charge in [0.25, 0.3) is 0 Å². The van der Waals surface area contributed by atoms with Crippen molar-refractivity contribution in [1.82, 2.24) is 0 Å². The van der Waals surface area contributed by atoms with E-state index < -0.39 is 93.4 Å². The monoisotopic (exact) mass is 472 g/mol. The first kappa shape index (κ1) is 23.4. The molecule has 0 unspecified atom stereocenters. The normalized spacial score (nSPS) is 11.1. The van der Waals surface area contributed by atoms with Crippen LogP contribution in [-0.4, -0.2) is 12.1 Å². The lowest BCUT2D eigenvalue weighted by Crippen LogP contribution is -2.37. The smallest absolute Gasteiger partial charge is 0.530 e. The quantitative estimate of drug-likeness (QED) is 0.260. The van der Waals surface area contributed by atoms with E-state index in [0.29, 0.717) is 12.1 Å². The van der Waals surface area contributed by atoms with Gasteiger partial charge < -0.3 is 9.68 Å². The number of benzene rings is 3. The molecule has 0 fully saturated rings. The molecule has 2 nitrogen and oxygen atoms in total. The first-order valence-corrected chi connectivity index (χ1v) is 8.05. The topological polar surface area (TPSA) is 29.5 Å². The van der Waals surface area contributed by atoms with Gasteiger partial charge in [-0.05, 0) is 17.6 Å². The third kappa shape index (κ3) is 3.63. The van der Waals surface area contributed by atoms with Gasteiger partial charge in [0.15, 0.2) is 52.3 Å². The molecule has 0 spiro atoms. The van der Waals surface area contributed by atoms with Crippen molar-refractivity contribution >= 4 is 12.6 Å². The van der Waals surface area contributed by atoms with Crippen LogP contribution in [0.2, 0.25) is 0 Å². The van der Waals surface area contributed by atoms with Gasteiger partial charge >= 0.3 is 7.12 Å². The SMILES string of the molecule is OB(Oc1c(F)c(F)c(F)c(F)c1-c1c(F)c(F)c(F)c(F)c1F)c1ccc(F)c(F)c1. The van der Waals surface area contributed by atoms with Crippen LogP contribution in [-0.2, 0) is 0 Å². The molecule has 0 aromatic heterocycles. The Morgan fingerprint density at radius 1 is 0.531 bits per heavy atom. The van der Waals surface area contributed by atoms with Crippen molar-refractivity contribution in [3.05, 3.63) is 82.2 Å². The average molecular weight is 472 g/mol. The first-order valence-electron chi connectivity index (χ1n) is 8.05. The molecule has 32 heavy (non-hydrogen) atoms. The fraction of sp³-hybridized carbons (Fsp3) is 0. The lowest BCUT2D eigenvalue weighted by Gasteiger charge is -2.18. The summed E-state index contributed by atoms with van der Waals surface area (Å²) >= 11 is 0. The summed E-state index contributed by atoms with van der Waals surface area (Å²) in [7, 11) is -2.64. The second-order valence-electron chi connectivity index (χ2n) is 6.05. The molecule has 3 rings (SSSR count). The Kier molecular flexibility index (Phi) is 6.09. The highest BCUT2D eigenvalue weighted by atomic mass is 19.2. The van der Waals surface area contributed by atoms with Crippen LogP contribution in [0.5, 0.6) is 5.75 Å². The predicted molar refractivity (Wildman–Crippen MR) is 86.1 cm³/mol. The predicted octanol–water partition coefficient (Wildman–Crippen LogP) is 4.65. The van der Waals surface area contributed by atoms with Crippen LogP contribution in [0.3, 0.4) is 0 Å². The summed E-state index contributed by atoms with van der Waals surface area (Å²) in [6.45, 7) is 0. The Morgan fingerprint density at radius 2 is 0.969 bits per heavy atom. The molecule has 0 aliphatic heterocycles. The molecule has 0 saturated heterocycles. The second-order valence-corrected chi connectivity index (χ2v) is 6.05. The van der Waals surface area contributed by atoms with Crippen LogP contribution in [0, 0.1) is 64.0 Å². The highest BCUT2D eigenvalue weighted by molar-refractivity contribution is 6.60. The summed E-state index contributed by atoms with van der Waals surface area (Å²) in [5.74, 6) is -29.1. The largest absolute Gasteiger partial charge is 0.560 e. The molecule has 14 heteroatoms. The molecule has 0 radical (unpaired) electrons. The van der Waals surface area contributed by atoms with E-state index in [0.717, 1.165) is 0 Å². The first-order chi connectivity index (χ1) is 14.9. The number of hydrogen-bond acceptors (Lipinski definition) is 2. The molecule has 3 aromatic rings. The van der Waals surface area contributed by atoms with E-state index in [4.69, 9.17) is 0 Å². The highest BCUT2D eigenvalue weighted by Crippen LogP contribution is 2.42. The summed E-state index contributed by atoms with van der Waals surface area (Å²) in [6.07, 6.45) is 0. The molecule has 3 aromatic carbocycles. The minimum atomic E-state index is -2.73. The maximum Gasteiger partial charge on any atom is 0.560 e. The van der Waals surface area contributed by atoms with Gasteiger partial charge in [-0.25, -0.2) is 43.9 Å². The number of hydrogen-bond donors (Lipinski definition) is 1. The maximum atomic E-state index is 14.4. The summed E-state index contributed by atoms with van der Waals surface area (Å²) < 4.78 is 155. The molecular weight excluding hydrogens is 468 g/mol. The standard InChI is InChI=1S/C18H4BF11O2/c20-5-2-1-4(3-6(5)21)19(31)32-18-8(11(24)14(27)16(29)17(18)30)7-9(22)12(25)15(28)13(26)10(7)23/h1-3,31H. The lowest BCUT2D eigenvalue weighted by atomic mass is 9.79. The minimum absolute atomic E-state index is 0.270. The Hall–Kier alpha value is -3.29. The molecule has 0 amide bonds. The van der Waals surface area contributed by atoms with Crippen LogP contribution in [0.1, 0.15) is 0 Å². The van der Waals surface area contributed by atoms with Crippen LogP contribution >= 0.6 is 0 Å². The Labute approximate surface area is 170 Å². The van der Waals surface area contributed by atoms with Crippen molar-refractivity contribution < 1.29 is 58.0 Å². The third-order valence-corrected chi connectivity index (χ3v) is 4.14. The van der Waals surface area contributed by atoms with Gasteiger partial charge in [0.2, 0.25) is 17.5 Å². The summed E-state index contributed by atoms with van der Waals surface area (Å²) in [5.41, 5.74) is -5.10. The molecule has 0 heterocycles. The van der Waals surface area contributed by atoms with Gasteiger partial charge in [0, 0.05) is 0 Å². The van der Waals surface area contributed by atoms with Crippen molar-refractivity contribution in [2.24, 2.45) is 0 Å². The molecule has 0 aliphatic carbocycles. The van der Waals surface area contributed by atoms with E-state index >= 15 is 0 Å². The average Bonchev–Trinajstić information content (AvgIpc) is 2.76. The lowest BCUT2D eigenvalue weighted by molar-refractivity contribution is 0.365. The van der Waals surface area contributed by atoms with E-state index in [1.807, 2.05) is 0 Å². The zero-order chi connectivity index (χ0) is 24.1. The van der Waals surface area contributed by atoms with E-state index in [2.05, 4.69) is 4.65 Å². The number of rotatable bonds is 4. The third-order valence-electron chi connectivity index (χ3n) is 4.14. The summed E-state index contributed by atoms with van der Waals surface area (Å²) in [5, 5.41) is 9.92. The van der Waals surface area contributed by atoms with Gasteiger partial charge in [-0.2, -0.15) is 4.39 Å². The molecule has 0 bridgehead atoms. The second kappa shape index (κ2) is 8.33. The maximum absolute atomic E-state index is 14.4. The van der Waals surface area contributed by atoms with Crippen molar-refractivity contribution in [1.29, 1.82) is 0 Å². The van der Waals surface area contributed by atoms with Crippen molar-refractivity contribution in [3.63, 3.8) is 0 Å². The fourth-order valence-corrected chi connectivity index (χ4v) is 2.62. The molecular formula is C18H4BF11O2. The van der Waals surface area contributed by atoms with Crippen LogP contribution in [0.15, 0.2) is 18.2 Å². The van der Waals surface area contributed by atoms with Gasteiger partial charge in [-0.15, -0.1) is 0 Å². The number of halogens is 11. The Morgan fingerprint density at radius 3 is 1.47 bits per heavy atom. The van der Waals surface area contributed by atoms with Gasteiger partial charge in [-0.1, -0.05) is 6.07 Å². The van der Waals surface area contributed by atoms with E-state index in [-0.39, 0.29) is 6.07 Å². The van der Waals surface area contributed by atoms with Gasteiger partial charge in [-0.3, -0.25) is 0 Å². The van der Waals surface area contributed by atoms with Crippen LogP contribution in [0.4, 0.5) is 48.3 Å². The molecule has 1 N–H and O–H groups in total. The fourth-order valence-electron chi connectivity index (χ4n) is 2.62. The summed E-state index contributed by atoms with van der Waals surface area (Å²) in [4.78, 5) is 0. The van der Waals surface area contributed by atoms with Gasteiger partial charge in [0.05, 0.1) is 11.1 Å². The summed E-state index contributed by atoms with van der Waals surface area (Å²) in [6, 6.07) is 1.34. The van der Waals surface area contributed by atoms with E-state index in [1.54, 1.807) is 0 Å². The zero-order valence-electron chi connectivity index (χ0n) is 14.8. The van der Waals surface area contributed by atoms with Crippen LogP contribution < -0.4 is 10.1 Å². The molecule has 168 valence electrons. The van der Waals surface area contributed by atoms with Crippen LogP contribution in [0.25, 0.3) is 11.1 Å². The molecule has 0 aliphatic rings. The van der Waals surface area contributed by atoms with E-state index in [9.17, 15) is 53.3 Å². The van der Waals surface area contributed by atoms with Crippen molar-refractivity contribution in [2.45, 2.75) is 0 Å². The van der Waals surface area contributed by atoms with Crippen molar-refractivity contribution in [3.8, 4) is 16.9 Å². The highest BCUT2D eigenvalue weighted by Gasteiger charge is 2.36. The van der Waals surface area contributed by atoms with Crippen molar-refractivity contribution in [2.75, 3.05) is 0 Å².